The maximum Gasteiger partial charge on any atom is 0.237 e. The molecule has 0 aliphatic carbocycles. The van der Waals surface area contributed by atoms with E-state index in [1.54, 1.807) is 0 Å². The van der Waals surface area contributed by atoms with Crippen LogP contribution in [0.5, 0.6) is 0 Å². The van der Waals surface area contributed by atoms with Gasteiger partial charge in [-0.15, -0.1) is 0 Å². The zero-order valence-electron chi connectivity index (χ0n) is 17.0. The minimum absolute atomic E-state index is 0.199. The molecule has 6 heteroatoms. The van der Waals surface area contributed by atoms with Gasteiger partial charge in [0.2, 0.25) is 5.91 Å². The number of para-hydroxylation sites is 1. The standard InChI is InChI=1S/C22H32N4O2/c1-17(2)7-9-25-11-10-24(15-19(25)8-12-27)13-18-14-26(16-22(23)28)21-6-4-3-5-20(18)21/h3-7,14,19,27H,8-13,15-16H2,1-2H3,(H2,23,28). The highest BCUT2D eigenvalue weighted by Gasteiger charge is 2.26. The molecule has 0 bridgehead atoms. The number of aliphatic hydroxyl groups is 1. The zero-order chi connectivity index (χ0) is 20.1. The summed E-state index contributed by atoms with van der Waals surface area (Å²) >= 11 is 0. The van der Waals surface area contributed by atoms with Gasteiger partial charge < -0.3 is 15.4 Å². The molecule has 152 valence electrons. The first kappa shape index (κ1) is 20.6. The molecule has 28 heavy (non-hydrogen) atoms. The van der Waals surface area contributed by atoms with Gasteiger partial charge in [0.15, 0.2) is 0 Å². The second-order valence-electron chi connectivity index (χ2n) is 7.94. The van der Waals surface area contributed by atoms with E-state index >= 15 is 0 Å². The number of allylic oxidation sites excluding steroid dienone is 1. The number of fused-ring (bicyclic) bond motifs is 1. The van der Waals surface area contributed by atoms with E-state index in [2.05, 4.69) is 42.0 Å². The van der Waals surface area contributed by atoms with E-state index in [9.17, 15) is 9.90 Å². The molecule has 3 N–H and O–H groups in total. The first-order chi connectivity index (χ1) is 13.5. The molecule has 2 heterocycles. The van der Waals surface area contributed by atoms with Crippen molar-refractivity contribution < 1.29 is 9.90 Å². The lowest BCUT2D eigenvalue weighted by Crippen LogP contribution is -2.53. The third-order valence-electron chi connectivity index (χ3n) is 5.48. The molecule has 1 aliphatic heterocycles. The minimum atomic E-state index is -0.330. The molecule has 1 aromatic carbocycles. The molecule has 1 fully saturated rings. The number of hydrogen-bond acceptors (Lipinski definition) is 4. The molecular formula is C22H32N4O2. The van der Waals surface area contributed by atoms with E-state index in [1.165, 1.54) is 16.5 Å². The van der Waals surface area contributed by atoms with Crippen molar-refractivity contribution in [1.82, 2.24) is 14.4 Å². The average Bonchev–Trinajstić information content (AvgIpc) is 2.98. The Morgan fingerprint density at radius 1 is 1.29 bits per heavy atom. The third-order valence-corrected chi connectivity index (χ3v) is 5.48. The van der Waals surface area contributed by atoms with Gasteiger partial charge in [-0.3, -0.25) is 14.6 Å². The van der Waals surface area contributed by atoms with Gasteiger partial charge in [-0.25, -0.2) is 0 Å². The normalized spacial score (nSPS) is 18.5. The number of rotatable bonds is 8. The summed E-state index contributed by atoms with van der Waals surface area (Å²) in [7, 11) is 0. The van der Waals surface area contributed by atoms with Crippen LogP contribution in [0.3, 0.4) is 0 Å². The number of primary amides is 1. The number of benzene rings is 1. The lowest BCUT2D eigenvalue weighted by atomic mass is 10.1. The Balaban J connectivity index is 1.75. The molecule has 1 atom stereocenters. The Labute approximate surface area is 167 Å². The number of aromatic nitrogens is 1. The fourth-order valence-electron chi connectivity index (χ4n) is 4.05. The van der Waals surface area contributed by atoms with E-state index in [0.717, 1.165) is 44.7 Å². The van der Waals surface area contributed by atoms with Crippen molar-refractivity contribution in [2.75, 3.05) is 32.8 Å². The number of piperazine rings is 1. The van der Waals surface area contributed by atoms with Crippen LogP contribution < -0.4 is 5.73 Å². The van der Waals surface area contributed by atoms with Gasteiger partial charge in [0, 0.05) is 62.5 Å². The van der Waals surface area contributed by atoms with Crippen LogP contribution in [0.4, 0.5) is 0 Å². The van der Waals surface area contributed by atoms with E-state index in [1.807, 2.05) is 22.8 Å². The average molecular weight is 385 g/mol. The molecule has 2 aromatic rings. The summed E-state index contributed by atoms with van der Waals surface area (Å²) in [5.41, 5.74) is 9.01. The SMILES string of the molecule is CC(C)=CCN1CCN(Cc2cn(CC(N)=O)c3ccccc23)CC1CCO. The summed E-state index contributed by atoms with van der Waals surface area (Å²) in [6.07, 6.45) is 5.11. The maximum absolute atomic E-state index is 11.4. The lowest BCUT2D eigenvalue weighted by Gasteiger charge is -2.41. The van der Waals surface area contributed by atoms with Crippen molar-refractivity contribution in [3.05, 3.63) is 47.7 Å². The van der Waals surface area contributed by atoms with Gasteiger partial charge in [0.25, 0.3) is 0 Å². The molecule has 1 aromatic heterocycles. The molecule has 6 nitrogen and oxygen atoms in total. The third kappa shape index (κ3) is 5.01. The van der Waals surface area contributed by atoms with Crippen LogP contribution in [0.1, 0.15) is 25.8 Å². The molecular weight excluding hydrogens is 352 g/mol. The number of carbonyl (C=O) groups is 1. The van der Waals surface area contributed by atoms with E-state index in [-0.39, 0.29) is 19.1 Å². The smallest absolute Gasteiger partial charge is 0.237 e. The lowest BCUT2D eigenvalue weighted by molar-refractivity contribution is -0.118. The van der Waals surface area contributed by atoms with Crippen molar-refractivity contribution in [2.45, 2.75) is 39.4 Å². The molecule has 1 saturated heterocycles. The van der Waals surface area contributed by atoms with Crippen molar-refractivity contribution in [3.63, 3.8) is 0 Å². The molecule has 0 spiro atoms. The first-order valence-electron chi connectivity index (χ1n) is 10.0. The Morgan fingerprint density at radius 3 is 2.79 bits per heavy atom. The fraction of sp³-hybridized carbons (Fsp3) is 0.500. The van der Waals surface area contributed by atoms with Crippen molar-refractivity contribution in [2.24, 2.45) is 5.73 Å². The second kappa shape index (κ2) is 9.37. The van der Waals surface area contributed by atoms with Crippen LogP contribution >= 0.6 is 0 Å². The van der Waals surface area contributed by atoms with Crippen molar-refractivity contribution in [1.29, 1.82) is 0 Å². The van der Waals surface area contributed by atoms with Crippen LogP contribution in [-0.2, 0) is 17.9 Å². The summed E-state index contributed by atoms with van der Waals surface area (Å²) in [4.78, 5) is 16.4. The summed E-state index contributed by atoms with van der Waals surface area (Å²) in [5.74, 6) is -0.330. The molecule has 0 saturated carbocycles. The van der Waals surface area contributed by atoms with Crippen molar-refractivity contribution in [3.8, 4) is 0 Å². The minimum Gasteiger partial charge on any atom is -0.396 e. The van der Waals surface area contributed by atoms with Crippen LogP contribution in [0.25, 0.3) is 10.9 Å². The predicted octanol–water partition coefficient (Wildman–Crippen LogP) is 1.96. The largest absolute Gasteiger partial charge is 0.396 e. The van der Waals surface area contributed by atoms with E-state index in [0.29, 0.717) is 6.04 Å². The number of hydrogen-bond donors (Lipinski definition) is 2. The zero-order valence-corrected chi connectivity index (χ0v) is 17.0. The molecule has 1 aliphatic rings. The predicted molar refractivity (Wildman–Crippen MR) is 113 cm³/mol. The van der Waals surface area contributed by atoms with Gasteiger partial charge >= 0.3 is 0 Å². The number of carbonyl (C=O) groups excluding carboxylic acids is 1. The highest BCUT2D eigenvalue weighted by molar-refractivity contribution is 5.85. The molecule has 1 unspecified atom stereocenters. The number of aliphatic hydroxyl groups excluding tert-OH is 1. The van der Waals surface area contributed by atoms with E-state index < -0.39 is 0 Å². The van der Waals surface area contributed by atoms with Gasteiger partial charge in [0.05, 0.1) is 0 Å². The maximum atomic E-state index is 11.4. The number of amides is 1. The van der Waals surface area contributed by atoms with Gasteiger partial charge in [0.1, 0.15) is 6.54 Å². The van der Waals surface area contributed by atoms with E-state index in [4.69, 9.17) is 5.73 Å². The summed E-state index contributed by atoms with van der Waals surface area (Å²) in [5, 5.41) is 10.7. The number of nitrogens with zero attached hydrogens (tertiary/aromatic N) is 3. The molecule has 3 rings (SSSR count). The monoisotopic (exact) mass is 384 g/mol. The summed E-state index contributed by atoms with van der Waals surface area (Å²) in [6, 6.07) is 8.52. The number of nitrogens with two attached hydrogens (primary N) is 1. The van der Waals surface area contributed by atoms with Crippen LogP contribution in [0, 0.1) is 0 Å². The Hall–Kier alpha value is -2.15. The summed E-state index contributed by atoms with van der Waals surface area (Å²) < 4.78 is 1.95. The van der Waals surface area contributed by atoms with Gasteiger partial charge in [-0.1, -0.05) is 29.8 Å². The highest BCUT2D eigenvalue weighted by Crippen LogP contribution is 2.24. The fourth-order valence-corrected chi connectivity index (χ4v) is 4.05. The van der Waals surface area contributed by atoms with Crippen LogP contribution in [-0.4, -0.2) is 64.2 Å². The van der Waals surface area contributed by atoms with Crippen molar-refractivity contribution >= 4 is 16.8 Å². The first-order valence-corrected chi connectivity index (χ1v) is 10.0. The highest BCUT2D eigenvalue weighted by atomic mass is 16.3. The topological polar surface area (TPSA) is 74.7 Å². The summed E-state index contributed by atoms with van der Waals surface area (Å²) in [6.45, 7) is 9.36. The Kier molecular flexibility index (Phi) is 6.88. The Morgan fingerprint density at radius 2 is 2.07 bits per heavy atom. The second-order valence-corrected chi connectivity index (χ2v) is 7.94. The van der Waals surface area contributed by atoms with Crippen LogP contribution in [0.2, 0.25) is 0 Å². The Bertz CT molecular complexity index is 838. The molecule has 0 radical (unpaired) electrons. The quantitative estimate of drug-likeness (QED) is 0.683. The van der Waals surface area contributed by atoms with Gasteiger partial charge in [-0.05, 0) is 31.9 Å². The molecule has 1 amide bonds. The van der Waals surface area contributed by atoms with Crippen LogP contribution in [0.15, 0.2) is 42.1 Å². The van der Waals surface area contributed by atoms with Gasteiger partial charge in [-0.2, -0.15) is 0 Å².